The van der Waals surface area contributed by atoms with Gasteiger partial charge in [-0.25, -0.2) is 8.42 Å². The molecule has 0 amide bonds. The van der Waals surface area contributed by atoms with Gasteiger partial charge in [0.15, 0.2) is 0 Å². The second-order valence-electron chi connectivity index (χ2n) is 11.2. The van der Waals surface area contributed by atoms with Gasteiger partial charge in [0.05, 0.1) is 24.1 Å². The summed E-state index contributed by atoms with van der Waals surface area (Å²) < 4.78 is 37.2. The first kappa shape index (κ1) is 32.7. The first-order valence-corrected chi connectivity index (χ1v) is 17.3. The molecule has 0 aliphatic carbocycles. The Morgan fingerprint density at radius 3 is 2.35 bits per heavy atom. The van der Waals surface area contributed by atoms with Crippen molar-refractivity contribution in [3.05, 3.63) is 77.9 Å². The molecule has 43 heavy (non-hydrogen) atoms. The van der Waals surface area contributed by atoms with Crippen LogP contribution in [0.3, 0.4) is 0 Å². The summed E-state index contributed by atoms with van der Waals surface area (Å²) in [4.78, 5) is 15.7. The molecule has 0 radical (unpaired) electrons. The highest BCUT2D eigenvalue weighted by molar-refractivity contribution is 7.99. The van der Waals surface area contributed by atoms with E-state index in [0.29, 0.717) is 30.8 Å². The number of anilines is 3. The number of nitrogens with zero attached hydrogens (tertiary/aromatic N) is 3. The van der Waals surface area contributed by atoms with E-state index in [2.05, 4.69) is 18.7 Å². The van der Waals surface area contributed by atoms with Crippen LogP contribution in [0.15, 0.2) is 71.6 Å². The molecule has 3 aromatic rings. The highest BCUT2D eigenvalue weighted by atomic mass is 32.2. The molecule has 1 aliphatic rings. The van der Waals surface area contributed by atoms with Crippen LogP contribution in [0.1, 0.15) is 50.7 Å². The van der Waals surface area contributed by atoms with E-state index >= 15 is 8.42 Å². The summed E-state index contributed by atoms with van der Waals surface area (Å²) in [7, 11) is 1.46. The Labute approximate surface area is 260 Å². The second-order valence-corrected chi connectivity index (χ2v) is 14.0. The number of para-hydroxylation sites is 1. The molecule has 3 aromatic carbocycles. The van der Waals surface area contributed by atoms with Crippen molar-refractivity contribution < 1.29 is 23.1 Å². The third kappa shape index (κ3) is 7.13. The molecule has 10 heteroatoms. The zero-order valence-electron chi connectivity index (χ0n) is 25.7. The number of sulfonamides is 1. The lowest BCUT2D eigenvalue weighted by atomic mass is 9.88. The normalized spacial score (nSPS) is 18.1. The smallest absolute Gasteiger partial charge is 0.313 e. The van der Waals surface area contributed by atoms with Gasteiger partial charge in [-0.15, -0.1) is 11.8 Å². The summed E-state index contributed by atoms with van der Waals surface area (Å²) in [6.07, 6.45) is 3.20. The first-order valence-electron chi connectivity index (χ1n) is 14.7. The lowest BCUT2D eigenvalue weighted by Crippen LogP contribution is -2.54. The number of unbranched alkanes of at least 4 members (excludes halogenated alkanes) is 1. The molecule has 0 saturated carbocycles. The van der Waals surface area contributed by atoms with Gasteiger partial charge in [-0.05, 0) is 60.4 Å². The van der Waals surface area contributed by atoms with Crippen molar-refractivity contribution >= 4 is 44.8 Å². The summed E-state index contributed by atoms with van der Waals surface area (Å²) in [5, 5.41) is 9.26. The Balaban J connectivity index is 1.99. The maximum absolute atomic E-state index is 15.0. The van der Waals surface area contributed by atoms with Crippen LogP contribution >= 0.6 is 11.8 Å². The molecule has 1 atom stereocenters. The van der Waals surface area contributed by atoms with Gasteiger partial charge in [0.1, 0.15) is 10.6 Å². The Bertz CT molecular complexity index is 1500. The van der Waals surface area contributed by atoms with Gasteiger partial charge < -0.3 is 19.6 Å². The van der Waals surface area contributed by atoms with Gasteiger partial charge in [-0.2, -0.15) is 4.31 Å². The van der Waals surface area contributed by atoms with Crippen LogP contribution < -0.4 is 14.5 Å². The molecular weight excluding hydrogens is 583 g/mol. The number of benzene rings is 3. The van der Waals surface area contributed by atoms with Crippen LogP contribution in [0.4, 0.5) is 17.1 Å². The SMILES string of the molecule is CCCCC1(CC)CN(c2ccccc2)c2cc(N(C)C)c(CSCC(=O)O)cc2S(=O)(=O)N1Cc1ccc(OC)cc1. The molecule has 1 unspecified atom stereocenters. The highest BCUT2D eigenvalue weighted by Crippen LogP contribution is 2.47. The molecular formula is C33H43N3O5S2. The third-order valence-electron chi connectivity index (χ3n) is 8.17. The summed E-state index contributed by atoms with van der Waals surface area (Å²) in [6, 6.07) is 21.3. The van der Waals surface area contributed by atoms with E-state index in [9.17, 15) is 9.90 Å². The van der Waals surface area contributed by atoms with Crippen LogP contribution in [-0.4, -0.2) is 62.8 Å². The topological polar surface area (TPSA) is 90.4 Å². The van der Waals surface area contributed by atoms with Crippen molar-refractivity contribution in [3.63, 3.8) is 0 Å². The first-order chi connectivity index (χ1) is 20.6. The zero-order chi connectivity index (χ0) is 31.2. The molecule has 0 aromatic heterocycles. The van der Waals surface area contributed by atoms with Crippen LogP contribution in [0.5, 0.6) is 5.75 Å². The van der Waals surface area contributed by atoms with Gasteiger partial charge in [0.2, 0.25) is 10.0 Å². The van der Waals surface area contributed by atoms with Crippen molar-refractivity contribution in [1.29, 1.82) is 0 Å². The minimum absolute atomic E-state index is 0.0631. The molecule has 8 nitrogen and oxygen atoms in total. The van der Waals surface area contributed by atoms with Crippen LogP contribution in [0.2, 0.25) is 0 Å². The van der Waals surface area contributed by atoms with Gasteiger partial charge in [0.25, 0.3) is 0 Å². The van der Waals surface area contributed by atoms with Crippen molar-refractivity contribution in [3.8, 4) is 5.75 Å². The lowest BCUT2D eigenvalue weighted by Gasteiger charge is -2.43. The second kappa shape index (κ2) is 14.1. The number of ether oxygens (including phenoxy) is 1. The lowest BCUT2D eigenvalue weighted by molar-refractivity contribution is -0.133. The van der Waals surface area contributed by atoms with Crippen LogP contribution in [0.25, 0.3) is 0 Å². The predicted octanol–water partition coefficient (Wildman–Crippen LogP) is 6.76. The maximum atomic E-state index is 15.0. The van der Waals surface area contributed by atoms with Crippen molar-refractivity contribution in [1.82, 2.24) is 4.31 Å². The van der Waals surface area contributed by atoms with E-state index in [4.69, 9.17) is 4.74 Å². The fourth-order valence-electron chi connectivity index (χ4n) is 5.79. The minimum atomic E-state index is -4.01. The predicted molar refractivity (Wildman–Crippen MR) is 176 cm³/mol. The van der Waals surface area contributed by atoms with Crippen LogP contribution in [0, 0.1) is 0 Å². The van der Waals surface area contributed by atoms with E-state index in [1.54, 1.807) is 17.5 Å². The number of aliphatic carboxylic acids is 1. The molecule has 0 spiro atoms. The van der Waals surface area contributed by atoms with E-state index in [-0.39, 0.29) is 17.2 Å². The van der Waals surface area contributed by atoms with Gasteiger partial charge in [-0.3, -0.25) is 4.79 Å². The van der Waals surface area contributed by atoms with Gasteiger partial charge in [0, 0.05) is 44.3 Å². The van der Waals surface area contributed by atoms with E-state index in [0.717, 1.165) is 41.1 Å². The number of carboxylic acids is 1. The molecule has 0 fully saturated rings. The summed E-state index contributed by atoms with van der Waals surface area (Å²) in [6.45, 7) is 4.95. The molecule has 1 N–H and O–H groups in total. The zero-order valence-corrected chi connectivity index (χ0v) is 27.4. The van der Waals surface area contributed by atoms with Crippen LogP contribution in [-0.2, 0) is 27.1 Å². The van der Waals surface area contributed by atoms with E-state index in [1.165, 1.54) is 11.8 Å². The summed E-state index contributed by atoms with van der Waals surface area (Å²) in [5.41, 5.74) is 3.42. The fraction of sp³-hybridized carbons (Fsp3) is 0.424. The highest BCUT2D eigenvalue weighted by Gasteiger charge is 2.48. The Kier molecular flexibility index (Phi) is 10.7. The Morgan fingerprint density at radius 2 is 1.77 bits per heavy atom. The number of hydrogen-bond acceptors (Lipinski definition) is 7. The Morgan fingerprint density at radius 1 is 1.07 bits per heavy atom. The number of rotatable bonds is 13. The summed E-state index contributed by atoms with van der Waals surface area (Å²) >= 11 is 1.26. The average Bonchev–Trinajstić information content (AvgIpc) is 3.07. The van der Waals surface area contributed by atoms with Gasteiger partial charge in [-0.1, -0.05) is 57.0 Å². The molecule has 1 heterocycles. The average molecular weight is 626 g/mol. The number of thioether (sulfide) groups is 1. The standard InChI is InChI=1S/C33H43N3O5S2/c1-6-8-18-33(7-2)24-35(27-12-10-9-11-13-27)30-20-29(34(3)4)26(22-42-23-32(37)38)19-31(30)43(39,40)36(33)21-25-14-16-28(41-5)17-15-25/h9-17,19-20H,6-8,18,21-24H2,1-5H3,(H,37,38). The van der Waals surface area contributed by atoms with Gasteiger partial charge >= 0.3 is 5.97 Å². The molecule has 0 bridgehead atoms. The van der Waals surface area contributed by atoms with E-state index < -0.39 is 21.5 Å². The molecule has 4 rings (SSSR count). The van der Waals surface area contributed by atoms with E-state index in [1.807, 2.05) is 79.7 Å². The maximum Gasteiger partial charge on any atom is 0.313 e. The molecule has 232 valence electrons. The van der Waals surface area contributed by atoms with Crippen molar-refractivity contribution in [2.24, 2.45) is 0 Å². The quantitative estimate of drug-likeness (QED) is 0.223. The van der Waals surface area contributed by atoms with Crippen molar-refractivity contribution in [2.75, 3.05) is 43.3 Å². The number of carboxylic acid groups (broad SMARTS) is 1. The monoisotopic (exact) mass is 625 g/mol. The minimum Gasteiger partial charge on any atom is -0.497 e. The number of carbonyl (C=O) groups is 1. The largest absolute Gasteiger partial charge is 0.497 e. The Hall–Kier alpha value is -3.21. The molecule has 0 saturated heterocycles. The fourth-order valence-corrected chi connectivity index (χ4v) is 8.59. The number of methoxy groups -OCH3 is 1. The third-order valence-corrected chi connectivity index (χ3v) is 11.1. The number of hydrogen-bond donors (Lipinski definition) is 1. The molecule has 1 aliphatic heterocycles. The van der Waals surface area contributed by atoms with Crippen molar-refractivity contribution in [2.45, 2.75) is 62.3 Å². The number of fused-ring (bicyclic) bond motifs is 1. The summed E-state index contributed by atoms with van der Waals surface area (Å²) in [5.74, 6) is 0.131.